The molecule has 0 saturated carbocycles. The summed E-state index contributed by atoms with van der Waals surface area (Å²) in [5.41, 5.74) is 4.86. The molecular weight excluding hydrogens is 813 g/mol. The van der Waals surface area contributed by atoms with Crippen LogP contribution < -0.4 is 20.1 Å². The van der Waals surface area contributed by atoms with Crippen molar-refractivity contribution in [3.63, 3.8) is 0 Å². The predicted molar refractivity (Wildman–Crippen MR) is 253 cm³/mol. The van der Waals surface area contributed by atoms with Crippen LogP contribution in [0.4, 0.5) is 5.82 Å². The van der Waals surface area contributed by atoms with E-state index in [1.165, 1.54) is 6.33 Å². The number of fused-ring (bicyclic) bond motifs is 1. The number of aromatic nitrogens is 4. The van der Waals surface area contributed by atoms with E-state index in [4.69, 9.17) is 33.9 Å². The summed E-state index contributed by atoms with van der Waals surface area (Å²) < 4.78 is 27.2. The summed E-state index contributed by atoms with van der Waals surface area (Å²) in [5.74, 6) is 2.00. The molecule has 0 radical (unpaired) electrons. The average molecular weight is 867 g/mol. The minimum absolute atomic E-state index is 0.0776. The molecule has 8 aromatic rings. The predicted octanol–water partition coefficient (Wildman–Crippen LogP) is 9.27. The van der Waals surface area contributed by atoms with E-state index in [-0.39, 0.29) is 12.6 Å². The van der Waals surface area contributed by atoms with Crippen molar-refractivity contribution in [1.82, 2.24) is 24.8 Å². The number of hydrogen-bond acceptors (Lipinski definition) is 10. The molecule has 1 aliphatic rings. The highest BCUT2D eigenvalue weighted by atomic mass is 16.6. The van der Waals surface area contributed by atoms with Gasteiger partial charge in [0.15, 0.2) is 23.2 Å². The molecule has 0 spiro atoms. The van der Waals surface area contributed by atoms with Crippen LogP contribution in [0.15, 0.2) is 183 Å². The molecule has 1 saturated heterocycles. The lowest BCUT2D eigenvalue weighted by Crippen LogP contribution is -2.50. The van der Waals surface area contributed by atoms with Crippen LogP contribution in [0.25, 0.3) is 11.2 Å². The number of rotatable bonds is 17. The number of nitrogens with one attached hydrogen (secondary N) is 2. The molecule has 0 amide bonds. The zero-order valence-corrected chi connectivity index (χ0v) is 37.0. The first-order chi connectivity index (χ1) is 31.9. The lowest BCUT2D eigenvalue weighted by Gasteiger charge is -2.37. The zero-order valence-electron chi connectivity index (χ0n) is 37.0. The second-order valence-corrected chi connectivity index (χ2v) is 16.4. The molecule has 5 atom stereocenters. The standard InChI is InChI=1S/C54H54N6O5/c1-5-37(2)58-47-46(34-64-54(41-22-14-8-15-23-41,42-24-16-9-17-25-42)43-28-32-45(63-4)33-29-43)65-52(49(47)61)60-36-57-48-50(55-35-56-51(48)60)59-53(38-18-10-6-11-19-38,39-20-12-7-13-21-39)40-26-30-44(62-3)31-27-40/h6-33,35-37,46-47,49,52,58,61H,5,34H2,1-4H3,(H,55,56,59)/t37?,46-,47-,49+,52-/m1/s1. The molecule has 65 heavy (non-hydrogen) atoms. The van der Waals surface area contributed by atoms with Gasteiger partial charge in [-0.3, -0.25) is 4.57 Å². The maximum absolute atomic E-state index is 12.4. The second kappa shape index (κ2) is 19.1. The maximum atomic E-state index is 12.4. The Labute approximate surface area is 380 Å². The number of ether oxygens (including phenoxy) is 4. The Morgan fingerprint density at radius 1 is 0.646 bits per heavy atom. The SMILES string of the molecule is CCC(C)N[C@H]1[C@H](O)[C@H](n2cnc3c(NC(c4ccccc4)(c4ccccc4)c4ccc(OC)cc4)ncnc32)O[C@@H]1COC(c1ccccc1)(c1ccccc1)c1ccc(OC)cc1. The van der Waals surface area contributed by atoms with Gasteiger partial charge in [0.05, 0.1) is 33.2 Å². The number of aliphatic hydroxyl groups excluding tert-OH is 1. The molecule has 0 aliphatic carbocycles. The third kappa shape index (κ3) is 8.24. The first kappa shape index (κ1) is 43.4. The van der Waals surface area contributed by atoms with Crippen LogP contribution in [-0.4, -0.2) is 69.7 Å². The fraction of sp³-hybridized carbons (Fsp3) is 0.241. The van der Waals surface area contributed by atoms with Gasteiger partial charge in [-0.15, -0.1) is 0 Å². The molecule has 3 heterocycles. The summed E-state index contributed by atoms with van der Waals surface area (Å²) >= 11 is 0. The van der Waals surface area contributed by atoms with Gasteiger partial charge in [-0.1, -0.05) is 153 Å². The van der Waals surface area contributed by atoms with E-state index in [2.05, 4.69) is 85.1 Å². The van der Waals surface area contributed by atoms with Crippen LogP contribution in [0.3, 0.4) is 0 Å². The van der Waals surface area contributed by atoms with Gasteiger partial charge >= 0.3 is 0 Å². The zero-order chi connectivity index (χ0) is 44.8. The first-order valence-electron chi connectivity index (χ1n) is 22.1. The number of anilines is 1. The van der Waals surface area contributed by atoms with Crippen molar-refractivity contribution in [1.29, 1.82) is 0 Å². The van der Waals surface area contributed by atoms with E-state index >= 15 is 0 Å². The Hall–Kier alpha value is -6.89. The molecule has 1 unspecified atom stereocenters. The van der Waals surface area contributed by atoms with Crippen molar-refractivity contribution < 1.29 is 24.1 Å². The Morgan fingerprint density at radius 2 is 1.12 bits per heavy atom. The first-order valence-corrected chi connectivity index (χ1v) is 22.1. The minimum atomic E-state index is -1.04. The Morgan fingerprint density at radius 3 is 1.63 bits per heavy atom. The number of benzene rings is 6. The lowest BCUT2D eigenvalue weighted by atomic mass is 9.77. The third-order valence-corrected chi connectivity index (χ3v) is 12.7. The Kier molecular flexibility index (Phi) is 12.7. The summed E-state index contributed by atoms with van der Waals surface area (Å²) in [6.45, 7) is 4.36. The van der Waals surface area contributed by atoms with Crippen molar-refractivity contribution >= 4 is 17.0 Å². The van der Waals surface area contributed by atoms with E-state index in [1.807, 2.05) is 114 Å². The highest BCUT2D eigenvalue weighted by Gasteiger charge is 2.48. The van der Waals surface area contributed by atoms with Crippen LogP contribution in [0.2, 0.25) is 0 Å². The van der Waals surface area contributed by atoms with Crippen LogP contribution in [0, 0.1) is 0 Å². The summed E-state index contributed by atoms with van der Waals surface area (Å²) in [4.78, 5) is 14.5. The monoisotopic (exact) mass is 866 g/mol. The van der Waals surface area contributed by atoms with Gasteiger partial charge in [0, 0.05) is 6.04 Å². The maximum Gasteiger partial charge on any atom is 0.167 e. The van der Waals surface area contributed by atoms with E-state index in [0.717, 1.165) is 51.3 Å². The van der Waals surface area contributed by atoms with Crippen molar-refractivity contribution in [3.8, 4) is 11.5 Å². The summed E-state index contributed by atoms with van der Waals surface area (Å²) in [6.07, 6.45) is 1.59. The number of aliphatic hydroxyl groups is 1. The largest absolute Gasteiger partial charge is 0.497 e. The normalized spacial score (nSPS) is 18.0. The van der Waals surface area contributed by atoms with Crippen molar-refractivity contribution in [3.05, 3.63) is 216 Å². The topological polar surface area (TPSA) is 125 Å². The molecular formula is C54H54N6O5. The van der Waals surface area contributed by atoms with E-state index < -0.39 is 35.6 Å². The number of methoxy groups -OCH3 is 2. The van der Waals surface area contributed by atoms with Crippen molar-refractivity contribution in [2.75, 3.05) is 26.1 Å². The molecule has 2 aromatic heterocycles. The average Bonchev–Trinajstić information content (AvgIpc) is 3.94. The fourth-order valence-corrected chi connectivity index (χ4v) is 9.14. The molecule has 11 heteroatoms. The summed E-state index contributed by atoms with van der Waals surface area (Å²) in [5, 5.41) is 20.0. The minimum Gasteiger partial charge on any atom is -0.497 e. The van der Waals surface area contributed by atoms with E-state index in [0.29, 0.717) is 17.0 Å². The molecule has 3 N–H and O–H groups in total. The number of hydrogen-bond donors (Lipinski definition) is 3. The lowest BCUT2D eigenvalue weighted by molar-refractivity contribution is -0.0869. The van der Waals surface area contributed by atoms with Gasteiger partial charge in [0.1, 0.15) is 41.2 Å². The van der Waals surface area contributed by atoms with E-state index in [9.17, 15) is 5.11 Å². The number of nitrogens with zero attached hydrogens (tertiary/aromatic N) is 4. The van der Waals surface area contributed by atoms with Gasteiger partial charge in [-0.25, -0.2) is 15.0 Å². The highest BCUT2D eigenvalue weighted by molar-refractivity contribution is 5.84. The van der Waals surface area contributed by atoms with Crippen LogP contribution >= 0.6 is 0 Å². The summed E-state index contributed by atoms with van der Waals surface area (Å²) in [6, 6.07) is 56.6. The quantitative estimate of drug-likeness (QED) is 0.0764. The van der Waals surface area contributed by atoms with Crippen molar-refractivity contribution in [2.45, 2.75) is 61.9 Å². The van der Waals surface area contributed by atoms with Crippen LogP contribution in [0.5, 0.6) is 11.5 Å². The van der Waals surface area contributed by atoms with Crippen molar-refractivity contribution in [2.24, 2.45) is 0 Å². The van der Waals surface area contributed by atoms with Gasteiger partial charge < -0.3 is 34.7 Å². The molecule has 11 nitrogen and oxygen atoms in total. The van der Waals surface area contributed by atoms with Gasteiger partial charge in [-0.05, 0) is 71.0 Å². The second-order valence-electron chi connectivity index (χ2n) is 16.4. The molecule has 330 valence electrons. The fourth-order valence-electron chi connectivity index (χ4n) is 9.14. The Balaban J connectivity index is 1.11. The molecule has 6 aromatic carbocycles. The Bertz CT molecular complexity index is 2680. The van der Waals surface area contributed by atoms with E-state index in [1.54, 1.807) is 20.5 Å². The molecule has 9 rings (SSSR count). The smallest absolute Gasteiger partial charge is 0.167 e. The molecule has 1 fully saturated rings. The molecule has 1 aliphatic heterocycles. The third-order valence-electron chi connectivity index (χ3n) is 12.7. The summed E-state index contributed by atoms with van der Waals surface area (Å²) in [7, 11) is 3.33. The number of imidazole rings is 1. The van der Waals surface area contributed by atoms with Gasteiger partial charge in [0.25, 0.3) is 0 Å². The highest BCUT2D eigenvalue weighted by Crippen LogP contribution is 2.44. The van der Waals surface area contributed by atoms with Crippen LogP contribution in [0.1, 0.15) is 59.9 Å². The van der Waals surface area contributed by atoms with Gasteiger partial charge in [-0.2, -0.15) is 0 Å². The molecule has 0 bridgehead atoms. The van der Waals surface area contributed by atoms with Gasteiger partial charge in [0.2, 0.25) is 0 Å². The van der Waals surface area contributed by atoms with Crippen LogP contribution in [-0.2, 0) is 20.6 Å².